The van der Waals surface area contributed by atoms with Gasteiger partial charge < -0.3 is 20.2 Å². The highest BCUT2D eigenvalue weighted by atomic mass is 16.4. The number of carbonyl (C=O) groups is 2. The van der Waals surface area contributed by atoms with Crippen molar-refractivity contribution in [3.63, 3.8) is 0 Å². The Kier molecular flexibility index (Phi) is 7.45. The number of hydrogen-bond donors (Lipinski definition) is 3. The zero-order valence-corrected chi connectivity index (χ0v) is 13.6. The molecule has 2 aromatic rings. The van der Waals surface area contributed by atoms with Crippen molar-refractivity contribution in [2.45, 2.75) is 6.42 Å². The smallest absolute Gasteiger partial charge is 0.328 e. The first-order valence-corrected chi connectivity index (χ1v) is 7.29. The lowest BCUT2D eigenvalue weighted by molar-refractivity contribution is -0.134. The maximum atomic E-state index is 9.76. The summed E-state index contributed by atoms with van der Waals surface area (Å²) in [5, 5.41) is 27.5. The van der Waals surface area contributed by atoms with Gasteiger partial charge in [-0.05, 0) is 37.5 Å². The molecule has 6 nitrogen and oxygen atoms in total. The topological polar surface area (TPSA) is 98.1 Å². The molecule has 128 valence electrons. The van der Waals surface area contributed by atoms with E-state index in [1.54, 1.807) is 6.07 Å². The molecule has 2 aromatic carbocycles. The first kappa shape index (κ1) is 19.2. The van der Waals surface area contributed by atoms with Crippen molar-refractivity contribution in [1.29, 1.82) is 0 Å². The van der Waals surface area contributed by atoms with Crippen LogP contribution in [0.3, 0.4) is 0 Å². The lowest BCUT2D eigenvalue weighted by atomic mass is 10.0. The summed E-state index contributed by atoms with van der Waals surface area (Å²) < 4.78 is 0. The molecule has 0 heterocycles. The summed E-state index contributed by atoms with van der Waals surface area (Å²) in [7, 11) is 4.14. The number of aliphatic carboxylic acids is 2. The van der Waals surface area contributed by atoms with Crippen molar-refractivity contribution in [3.8, 4) is 5.75 Å². The molecule has 0 saturated carbocycles. The fourth-order valence-corrected chi connectivity index (χ4v) is 2.05. The fraction of sp³-hybridized carbons (Fsp3) is 0.222. The monoisotopic (exact) mass is 331 g/mol. The van der Waals surface area contributed by atoms with Crippen molar-refractivity contribution in [1.82, 2.24) is 4.90 Å². The number of benzene rings is 2. The average molecular weight is 331 g/mol. The van der Waals surface area contributed by atoms with E-state index in [-0.39, 0.29) is 0 Å². The van der Waals surface area contributed by atoms with Gasteiger partial charge in [0.1, 0.15) is 5.75 Å². The Balaban J connectivity index is 0.000000307. The molecule has 0 saturated heterocycles. The summed E-state index contributed by atoms with van der Waals surface area (Å²) in [6, 6.07) is 11.8. The molecule has 0 aliphatic carbocycles. The van der Waals surface area contributed by atoms with Crippen LogP contribution in [0, 0.1) is 0 Å². The summed E-state index contributed by atoms with van der Waals surface area (Å²) in [6.07, 6.45) is 2.12. The summed E-state index contributed by atoms with van der Waals surface area (Å²) in [6.45, 7) is 1.02. The van der Waals surface area contributed by atoms with E-state index >= 15 is 0 Å². The number of phenols is 1. The Morgan fingerprint density at radius 3 is 2.00 bits per heavy atom. The molecule has 3 N–H and O–H groups in total. The minimum Gasteiger partial charge on any atom is -0.507 e. The first-order valence-electron chi connectivity index (χ1n) is 7.29. The normalized spacial score (nSPS) is 10.6. The van der Waals surface area contributed by atoms with Crippen LogP contribution in [0.1, 0.15) is 5.56 Å². The predicted octanol–water partition coefficient (Wildman–Crippen LogP) is 2.36. The third-order valence-electron chi connectivity index (χ3n) is 3.19. The molecular formula is C18H21NO5. The molecule has 0 spiro atoms. The Labute approximate surface area is 140 Å². The fourth-order valence-electron chi connectivity index (χ4n) is 2.05. The van der Waals surface area contributed by atoms with Crippen LogP contribution >= 0.6 is 0 Å². The van der Waals surface area contributed by atoms with Crippen molar-refractivity contribution >= 4 is 22.7 Å². The molecule has 24 heavy (non-hydrogen) atoms. The van der Waals surface area contributed by atoms with E-state index in [0.717, 1.165) is 23.7 Å². The molecule has 2 rings (SSSR count). The van der Waals surface area contributed by atoms with Crippen molar-refractivity contribution < 1.29 is 24.9 Å². The molecule has 0 amide bonds. The minimum atomic E-state index is -1.26. The quantitative estimate of drug-likeness (QED) is 0.728. The Bertz CT molecular complexity index is 721. The molecule has 0 radical (unpaired) electrons. The molecule has 6 heteroatoms. The number of aromatic hydroxyl groups is 1. The molecule has 0 fully saturated rings. The average Bonchev–Trinajstić information content (AvgIpc) is 2.53. The van der Waals surface area contributed by atoms with Crippen LogP contribution in [-0.2, 0) is 16.0 Å². The van der Waals surface area contributed by atoms with Gasteiger partial charge >= 0.3 is 11.9 Å². The zero-order valence-electron chi connectivity index (χ0n) is 13.6. The lowest BCUT2D eigenvalue weighted by Crippen LogP contribution is -2.15. The van der Waals surface area contributed by atoms with E-state index in [9.17, 15) is 14.7 Å². The summed E-state index contributed by atoms with van der Waals surface area (Å²) in [5.41, 5.74) is 1.29. The molecule has 0 atom stereocenters. The molecular weight excluding hydrogens is 310 g/mol. The number of phenolic OH excluding ortho intramolecular Hbond substituents is 1. The number of fused-ring (bicyclic) bond motifs is 1. The van der Waals surface area contributed by atoms with Gasteiger partial charge in [0.05, 0.1) is 0 Å². The summed E-state index contributed by atoms with van der Waals surface area (Å²) in [4.78, 5) is 21.3. The zero-order chi connectivity index (χ0) is 18.1. The van der Waals surface area contributed by atoms with Crippen LogP contribution in [0.4, 0.5) is 0 Å². The Hall–Kier alpha value is -2.86. The SMILES string of the molecule is CN(C)CCc1ccc(O)c2ccccc12.O=C(O)/C=C/C(=O)O. The molecule has 0 unspecified atom stereocenters. The maximum absolute atomic E-state index is 9.76. The standard InChI is InChI=1S/C14H17NO.C4H4O4/c1-15(2)10-9-11-7-8-14(16)13-6-4-3-5-12(11)13;5-3(6)1-2-4(7)8/h3-8,16H,9-10H2,1-2H3;1-2H,(H,5,6)(H,7,8)/b;2-1+. The van der Waals surface area contributed by atoms with Gasteiger partial charge in [-0.1, -0.05) is 30.3 Å². The van der Waals surface area contributed by atoms with E-state index in [1.807, 2.05) is 24.3 Å². The summed E-state index contributed by atoms with van der Waals surface area (Å²) >= 11 is 0. The number of carboxylic acid groups (broad SMARTS) is 2. The van der Waals surface area contributed by atoms with Gasteiger partial charge in [0.25, 0.3) is 0 Å². The first-order chi connectivity index (χ1) is 11.3. The summed E-state index contributed by atoms with van der Waals surface area (Å²) in [5.74, 6) is -2.15. The largest absolute Gasteiger partial charge is 0.507 e. The van der Waals surface area contributed by atoms with Crippen LogP contribution < -0.4 is 0 Å². The van der Waals surface area contributed by atoms with Gasteiger partial charge in [-0.2, -0.15) is 0 Å². The minimum absolute atomic E-state index is 0.365. The van der Waals surface area contributed by atoms with Gasteiger partial charge in [0.15, 0.2) is 0 Å². The van der Waals surface area contributed by atoms with E-state index in [0.29, 0.717) is 17.9 Å². The van der Waals surface area contributed by atoms with Crippen molar-refractivity contribution in [3.05, 3.63) is 54.1 Å². The van der Waals surface area contributed by atoms with Gasteiger partial charge in [-0.15, -0.1) is 0 Å². The molecule has 0 aromatic heterocycles. The third kappa shape index (κ3) is 6.50. The maximum Gasteiger partial charge on any atom is 0.328 e. The second-order valence-electron chi connectivity index (χ2n) is 5.35. The Morgan fingerprint density at radius 2 is 1.50 bits per heavy atom. The van der Waals surface area contributed by atoms with Gasteiger partial charge in [0, 0.05) is 24.1 Å². The molecule has 0 bridgehead atoms. The van der Waals surface area contributed by atoms with Crippen molar-refractivity contribution in [2.24, 2.45) is 0 Å². The highest BCUT2D eigenvalue weighted by Crippen LogP contribution is 2.27. The van der Waals surface area contributed by atoms with Gasteiger partial charge in [-0.3, -0.25) is 0 Å². The van der Waals surface area contributed by atoms with Gasteiger partial charge in [-0.25, -0.2) is 9.59 Å². The van der Waals surface area contributed by atoms with Crippen LogP contribution in [0.25, 0.3) is 10.8 Å². The molecule has 0 aliphatic heterocycles. The van der Waals surface area contributed by atoms with E-state index in [4.69, 9.17) is 10.2 Å². The number of hydrogen-bond acceptors (Lipinski definition) is 4. The highest BCUT2D eigenvalue weighted by molar-refractivity contribution is 5.91. The molecule has 0 aliphatic rings. The number of likely N-dealkylation sites (N-methyl/N-ethyl adjacent to an activating group) is 1. The van der Waals surface area contributed by atoms with Crippen molar-refractivity contribution in [2.75, 3.05) is 20.6 Å². The lowest BCUT2D eigenvalue weighted by Gasteiger charge is -2.11. The Morgan fingerprint density at radius 1 is 0.958 bits per heavy atom. The number of nitrogens with zero attached hydrogens (tertiary/aromatic N) is 1. The predicted molar refractivity (Wildman–Crippen MR) is 92.3 cm³/mol. The van der Waals surface area contributed by atoms with Crippen LogP contribution in [-0.4, -0.2) is 52.8 Å². The highest BCUT2D eigenvalue weighted by Gasteiger charge is 2.04. The number of carboxylic acids is 2. The second-order valence-corrected chi connectivity index (χ2v) is 5.35. The third-order valence-corrected chi connectivity index (χ3v) is 3.19. The number of rotatable bonds is 5. The van der Waals surface area contributed by atoms with E-state index in [1.165, 1.54) is 5.56 Å². The van der Waals surface area contributed by atoms with Crippen LogP contribution in [0.5, 0.6) is 5.75 Å². The second kappa shape index (κ2) is 9.32. The van der Waals surface area contributed by atoms with Crippen LogP contribution in [0.2, 0.25) is 0 Å². The van der Waals surface area contributed by atoms with Gasteiger partial charge in [0.2, 0.25) is 0 Å². The van der Waals surface area contributed by atoms with Crippen LogP contribution in [0.15, 0.2) is 48.6 Å². The van der Waals surface area contributed by atoms with E-state index in [2.05, 4.69) is 25.1 Å². The van der Waals surface area contributed by atoms with E-state index < -0.39 is 11.9 Å².